The second-order valence-corrected chi connectivity index (χ2v) is 3.88. The Morgan fingerprint density at radius 3 is 2.93 bits per heavy atom. The molecule has 1 aliphatic carbocycles. The van der Waals surface area contributed by atoms with Crippen molar-refractivity contribution in [1.29, 1.82) is 0 Å². The molecule has 0 aromatic carbocycles. The van der Waals surface area contributed by atoms with E-state index in [1.54, 1.807) is 0 Å². The molecule has 3 N–H and O–H groups in total. The van der Waals surface area contributed by atoms with Crippen LogP contribution in [-0.2, 0) is 4.79 Å². The molecule has 14 heavy (non-hydrogen) atoms. The van der Waals surface area contributed by atoms with Gasteiger partial charge in [-0.1, -0.05) is 19.1 Å². The van der Waals surface area contributed by atoms with Crippen molar-refractivity contribution >= 4 is 5.91 Å². The zero-order valence-corrected chi connectivity index (χ0v) is 8.83. The molecule has 80 valence electrons. The Morgan fingerprint density at radius 1 is 1.64 bits per heavy atom. The minimum absolute atomic E-state index is 0.139. The molecule has 3 nitrogen and oxygen atoms in total. The zero-order valence-electron chi connectivity index (χ0n) is 8.83. The maximum atomic E-state index is 11.2. The number of primary amides is 1. The minimum Gasteiger partial charge on any atom is -0.368 e. The Kier molecular flexibility index (Phi) is 4.66. The molecule has 3 heteroatoms. The van der Waals surface area contributed by atoms with Crippen LogP contribution in [0.2, 0.25) is 0 Å². The summed E-state index contributed by atoms with van der Waals surface area (Å²) in [6.07, 6.45) is 8.48. The molecule has 1 rings (SSSR count). The molecule has 0 saturated heterocycles. The van der Waals surface area contributed by atoms with Gasteiger partial charge in [-0.2, -0.15) is 0 Å². The molecular formula is C11H20N2O. The van der Waals surface area contributed by atoms with Crippen molar-refractivity contribution in [3.8, 4) is 0 Å². The molecule has 0 fully saturated rings. The molecule has 0 radical (unpaired) electrons. The monoisotopic (exact) mass is 196 g/mol. The molecule has 1 amide bonds. The molecule has 2 atom stereocenters. The average molecular weight is 196 g/mol. The van der Waals surface area contributed by atoms with Gasteiger partial charge in [0.2, 0.25) is 5.91 Å². The number of hydrogen-bond donors (Lipinski definition) is 2. The molecule has 0 heterocycles. The van der Waals surface area contributed by atoms with Gasteiger partial charge in [-0.05, 0) is 38.1 Å². The number of rotatable bonds is 5. The Labute approximate surface area is 85.7 Å². The van der Waals surface area contributed by atoms with Gasteiger partial charge in [-0.3, -0.25) is 4.79 Å². The first-order valence-electron chi connectivity index (χ1n) is 5.43. The number of allylic oxidation sites excluding steroid dienone is 2. The Hall–Kier alpha value is -0.830. The van der Waals surface area contributed by atoms with Gasteiger partial charge in [-0.25, -0.2) is 0 Å². The fourth-order valence-corrected chi connectivity index (χ4v) is 1.92. The van der Waals surface area contributed by atoms with E-state index >= 15 is 0 Å². The van der Waals surface area contributed by atoms with E-state index in [2.05, 4.69) is 24.4 Å². The van der Waals surface area contributed by atoms with Gasteiger partial charge >= 0.3 is 0 Å². The first-order valence-corrected chi connectivity index (χ1v) is 5.43. The summed E-state index contributed by atoms with van der Waals surface area (Å²) in [5.74, 6) is 0.183. The Bertz CT molecular complexity index is 213. The van der Waals surface area contributed by atoms with E-state index in [0.29, 0.717) is 5.92 Å². The summed E-state index contributed by atoms with van der Waals surface area (Å²) < 4.78 is 0. The number of carbonyl (C=O) groups excluding carboxylic acids is 1. The van der Waals surface area contributed by atoms with Gasteiger partial charge in [0, 0.05) is 0 Å². The smallest absolute Gasteiger partial charge is 0.234 e. The molecule has 0 saturated carbocycles. The molecule has 1 aliphatic rings. The summed E-state index contributed by atoms with van der Waals surface area (Å²) in [5.41, 5.74) is 5.38. The van der Waals surface area contributed by atoms with Gasteiger partial charge in [-0.15, -0.1) is 0 Å². The normalized spacial score (nSPS) is 23.4. The van der Waals surface area contributed by atoms with E-state index in [1.807, 2.05) is 0 Å². The highest BCUT2D eigenvalue weighted by Crippen LogP contribution is 2.21. The highest BCUT2D eigenvalue weighted by Gasteiger charge is 2.25. The molecule has 0 aromatic heterocycles. The van der Waals surface area contributed by atoms with Crippen LogP contribution in [0.15, 0.2) is 12.2 Å². The van der Waals surface area contributed by atoms with Gasteiger partial charge in [0.25, 0.3) is 0 Å². The van der Waals surface area contributed by atoms with Crippen LogP contribution in [0, 0.1) is 5.92 Å². The van der Waals surface area contributed by atoms with Crippen LogP contribution in [0.3, 0.4) is 0 Å². The van der Waals surface area contributed by atoms with E-state index < -0.39 is 0 Å². The summed E-state index contributed by atoms with van der Waals surface area (Å²) in [5, 5.41) is 3.23. The van der Waals surface area contributed by atoms with E-state index in [0.717, 1.165) is 32.2 Å². The fraction of sp³-hybridized carbons (Fsp3) is 0.727. The van der Waals surface area contributed by atoms with Crippen LogP contribution in [0.5, 0.6) is 0 Å². The van der Waals surface area contributed by atoms with E-state index in [9.17, 15) is 4.79 Å². The lowest BCUT2D eigenvalue weighted by molar-refractivity contribution is -0.121. The van der Waals surface area contributed by atoms with Crippen LogP contribution in [0.4, 0.5) is 0 Å². The zero-order chi connectivity index (χ0) is 10.4. The Balaban J connectivity index is 2.48. The molecule has 0 spiro atoms. The maximum absolute atomic E-state index is 11.2. The first-order chi connectivity index (χ1) is 6.75. The third-order valence-corrected chi connectivity index (χ3v) is 2.70. The van der Waals surface area contributed by atoms with E-state index in [1.165, 1.54) is 0 Å². The molecule has 0 bridgehead atoms. The quantitative estimate of drug-likeness (QED) is 0.649. The summed E-state index contributed by atoms with van der Waals surface area (Å²) in [4.78, 5) is 11.2. The molecule has 0 aromatic rings. The lowest BCUT2D eigenvalue weighted by atomic mass is 9.87. The van der Waals surface area contributed by atoms with Crippen molar-refractivity contribution in [2.75, 3.05) is 6.54 Å². The lowest BCUT2D eigenvalue weighted by Crippen LogP contribution is -2.47. The lowest BCUT2D eigenvalue weighted by Gasteiger charge is -2.26. The second kappa shape index (κ2) is 5.81. The molecule has 2 unspecified atom stereocenters. The van der Waals surface area contributed by atoms with Crippen LogP contribution in [0.25, 0.3) is 0 Å². The van der Waals surface area contributed by atoms with Crippen molar-refractivity contribution in [3.63, 3.8) is 0 Å². The number of nitrogens with two attached hydrogens (primary N) is 1. The highest BCUT2D eigenvalue weighted by atomic mass is 16.1. The number of hydrogen-bond acceptors (Lipinski definition) is 2. The van der Waals surface area contributed by atoms with Gasteiger partial charge in [0.1, 0.15) is 0 Å². The summed E-state index contributed by atoms with van der Waals surface area (Å²) in [6.45, 7) is 2.96. The van der Waals surface area contributed by atoms with E-state index in [4.69, 9.17) is 5.73 Å². The first kappa shape index (κ1) is 11.2. The third-order valence-electron chi connectivity index (χ3n) is 2.70. The second-order valence-electron chi connectivity index (χ2n) is 3.88. The van der Waals surface area contributed by atoms with Gasteiger partial charge in [0.05, 0.1) is 6.04 Å². The van der Waals surface area contributed by atoms with Crippen molar-refractivity contribution in [3.05, 3.63) is 12.2 Å². The van der Waals surface area contributed by atoms with Gasteiger partial charge < -0.3 is 11.1 Å². The van der Waals surface area contributed by atoms with Crippen molar-refractivity contribution in [2.45, 2.75) is 38.6 Å². The number of carbonyl (C=O) groups is 1. The summed E-state index contributed by atoms with van der Waals surface area (Å²) in [7, 11) is 0. The minimum atomic E-state index is -0.209. The largest absolute Gasteiger partial charge is 0.368 e. The molecule has 0 aliphatic heterocycles. The van der Waals surface area contributed by atoms with Gasteiger partial charge in [0.15, 0.2) is 0 Å². The van der Waals surface area contributed by atoms with Crippen molar-refractivity contribution in [1.82, 2.24) is 5.32 Å². The highest BCUT2D eigenvalue weighted by molar-refractivity contribution is 5.80. The standard InChI is InChI=1S/C11H20N2O/c1-2-8-13-10(11(12)14)9-6-4-3-5-7-9/h3-4,9-10,13H,2,5-8H2,1H3,(H2,12,14). The van der Waals surface area contributed by atoms with Crippen molar-refractivity contribution in [2.24, 2.45) is 11.7 Å². The van der Waals surface area contributed by atoms with Crippen LogP contribution in [-0.4, -0.2) is 18.5 Å². The predicted octanol–water partition coefficient (Wildman–Crippen LogP) is 1.20. The number of amides is 1. The van der Waals surface area contributed by atoms with Crippen molar-refractivity contribution < 1.29 is 4.79 Å². The maximum Gasteiger partial charge on any atom is 0.234 e. The topological polar surface area (TPSA) is 55.1 Å². The molecular weight excluding hydrogens is 176 g/mol. The predicted molar refractivity (Wildman–Crippen MR) is 57.8 cm³/mol. The fourth-order valence-electron chi connectivity index (χ4n) is 1.92. The number of nitrogens with one attached hydrogen (secondary N) is 1. The van der Waals surface area contributed by atoms with Crippen LogP contribution < -0.4 is 11.1 Å². The van der Waals surface area contributed by atoms with Crippen LogP contribution >= 0.6 is 0 Å². The third kappa shape index (κ3) is 3.14. The summed E-state index contributed by atoms with van der Waals surface area (Å²) in [6, 6.07) is -0.139. The van der Waals surface area contributed by atoms with E-state index in [-0.39, 0.29) is 11.9 Å². The van der Waals surface area contributed by atoms with Crippen LogP contribution in [0.1, 0.15) is 32.6 Å². The summed E-state index contributed by atoms with van der Waals surface area (Å²) >= 11 is 0. The Morgan fingerprint density at radius 2 is 2.43 bits per heavy atom. The SMILES string of the molecule is CCCNC(C(N)=O)C1CC=CCC1. The average Bonchev–Trinajstić information content (AvgIpc) is 2.19.